The van der Waals surface area contributed by atoms with Crippen LogP contribution >= 0.6 is 0 Å². The van der Waals surface area contributed by atoms with Crippen molar-refractivity contribution in [1.82, 2.24) is 0 Å². The molecule has 0 saturated heterocycles. The molecule has 2 aliphatic carbocycles. The van der Waals surface area contributed by atoms with E-state index in [0.29, 0.717) is 0 Å². The minimum Gasteiger partial charge on any atom is -0.0620 e. The third-order valence-electron chi connectivity index (χ3n) is 4.55. The predicted molar refractivity (Wildman–Crippen MR) is 53.1 cm³/mol. The summed E-state index contributed by atoms with van der Waals surface area (Å²) in [4.78, 5) is 0. The number of hydrogen-bond donors (Lipinski definition) is 0. The van der Waals surface area contributed by atoms with Gasteiger partial charge in [0, 0.05) is 0 Å². The van der Waals surface area contributed by atoms with E-state index < -0.39 is 0 Å². The Morgan fingerprint density at radius 3 is 2.67 bits per heavy atom. The highest BCUT2D eigenvalue weighted by atomic mass is 14.4. The van der Waals surface area contributed by atoms with E-state index in [1.165, 1.54) is 44.9 Å². The maximum absolute atomic E-state index is 2.54. The molecule has 0 amide bonds. The van der Waals surface area contributed by atoms with Crippen LogP contribution in [0.25, 0.3) is 0 Å². The van der Waals surface area contributed by atoms with Crippen LogP contribution in [0.5, 0.6) is 0 Å². The molecule has 70 valence electrons. The van der Waals surface area contributed by atoms with Crippen molar-refractivity contribution in [2.45, 2.75) is 58.8 Å². The molecule has 0 aromatic rings. The van der Waals surface area contributed by atoms with Crippen molar-refractivity contribution >= 4 is 0 Å². The molecule has 3 atom stereocenters. The zero-order valence-electron chi connectivity index (χ0n) is 8.60. The molecular formula is C12H22. The van der Waals surface area contributed by atoms with E-state index >= 15 is 0 Å². The van der Waals surface area contributed by atoms with Crippen molar-refractivity contribution in [3.05, 3.63) is 0 Å². The molecule has 2 saturated carbocycles. The Balaban J connectivity index is 2.14. The largest absolute Gasteiger partial charge is 0.0620 e. The standard InChI is InChI=1S/C12H22/c1-10-5-3-6-11-7-4-8-12(10,2)9-11/h10-11H,3-9H2,1-2H3. The van der Waals surface area contributed by atoms with Gasteiger partial charge in [0.1, 0.15) is 0 Å². The molecule has 0 nitrogen and oxygen atoms in total. The lowest BCUT2D eigenvalue weighted by atomic mass is 9.65. The summed E-state index contributed by atoms with van der Waals surface area (Å²) >= 11 is 0. The second-order valence-corrected chi connectivity index (χ2v) is 5.45. The average Bonchev–Trinajstić information content (AvgIpc) is 2.12. The van der Waals surface area contributed by atoms with Crippen LogP contribution in [0.3, 0.4) is 0 Å². The molecule has 0 radical (unpaired) electrons. The molecule has 2 fully saturated rings. The first kappa shape index (κ1) is 8.59. The zero-order chi connectivity index (χ0) is 8.60. The van der Waals surface area contributed by atoms with E-state index in [2.05, 4.69) is 13.8 Å². The highest BCUT2D eigenvalue weighted by Gasteiger charge is 2.38. The third-order valence-corrected chi connectivity index (χ3v) is 4.55. The van der Waals surface area contributed by atoms with Gasteiger partial charge in [-0.25, -0.2) is 0 Å². The van der Waals surface area contributed by atoms with Crippen LogP contribution in [0.2, 0.25) is 0 Å². The van der Waals surface area contributed by atoms with E-state index in [-0.39, 0.29) is 0 Å². The summed E-state index contributed by atoms with van der Waals surface area (Å²) in [5.41, 5.74) is 0.722. The number of hydrogen-bond acceptors (Lipinski definition) is 0. The molecule has 12 heavy (non-hydrogen) atoms. The SMILES string of the molecule is CC1CCCC2CCCC1(C)C2. The van der Waals surface area contributed by atoms with Gasteiger partial charge in [-0.2, -0.15) is 0 Å². The van der Waals surface area contributed by atoms with E-state index in [0.717, 1.165) is 17.3 Å². The van der Waals surface area contributed by atoms with Gasteiger partial charge in [0.05, 0.1) is 0 Å². The van der Waals surface area contributed by atoms with Crippen LogP contribution < -0.4 is 0 Å². The smallest absolute Gasteiger partial charge is 0.0298 e. The molecule has 0 spiro atoms. The van der Waals surface area contributed by atoms with Crippen molar-refractivity contribution in [1.29, 1.82) is 0 Å². The van der Waals surface area contributed by atoms with Crippen LogP contribution in [0.4, 0.5) is 0 Å². The van der Waals surface area contributed by atoms with Crippen molar-refractivity contribution in [2.75, 3.05) is 0 Å². The average molecular weight is 166 g/mol. The van der Waals surface area contributed by atoms with Gasteiger partial charge in [-0.15, -0.1) is 0 Å². The molecule has 2 bridgehead atoms. The minimum atomic E-state index is 0.722. The van der Waals surface area contributed by atoms with Crippen LogP contribution in [-0.4, -0.2) is 0 Å². The van der Waals surface area contributed by atoms with Gasteiger partial charge >= 0.3 is 0 Å². The van der Waals surface area contributed by atoms with E-state index in [1.54, 1.807) is 0 Å². The Morgan fingerprint density at radius 2 is 1.83 bits per heavy atom. The van der Waals surface area contributed by atoms with Gasteiger partial charge < -0.3 is 0 Å². The first-order chi connectivity index (χ1) is 5.71. The topological polar surface area (TPSA) is 0 Å². The maximum atomic E-state index is 2.54. The first-order valence-electron chi connectivity index (χ1n) is 5.71. The highest BCUT2D eigenvalue weighted by Crippen LogP contribution is 2.49. The molecule has 0 aromatic heterocycles. The Hall–Kier alpha value is 0. The lowest BCUT2D eigenvalue weighted by Gasteiger charge is -2.40. The van der Waals surface area contributed by atoms with Crippen molar-refractivity contribution in [3.63, 3.8) is 0 Å². The second-order valence-electron chi connectivity index (χ2n) is 5.45. The number of fused-ring (bicyclic) bond motifs is 2. The molecule has 0 aliphatic heterocycles. The lowest BCUT2D eigenvalue weighted by molar-refractivity contribution is 0.108. The van der Waals surface area contributed by atoms with Gasteiger partial charge in [0.25, 0.3) is 0 Å². The molecule has 2 rings (SSSR count). The molecule has 0 N–H and O–H groups in total. The van der Waals surface area contributed by atoms with Crippen LogP contribution in [0, 0.1) is 17.3 Å². The molecule has 0 heteroatoms. The Bertz CT molecular complexity index is 161. The summed E-state index contributed by atoms with van der Waals surface area (Å²) in [6.07, 6.45) is 10.6. The van der Waals surface area contributed by atoms with Crippen molar-refractivity contribution < 1.29 is 0 Å². The molecule has 3 unspecified atom stereocenters. The summed E-state index contributed by atoms with van der Waals surface area (Å²) in [6, 6.07) is 0. The summed E-state index contributed by atoms with van der Waals surface area (Å²) in [7, 11) is 0. The Labute approximate surface area is 76.7 Å². The predicted octanol–water partition coefficient (Wildman–Crippen LogP) is 4.00. The van der Waals surface area contributed by atoms with Gasteiger partial charge in [0.15, 0.2) is 0 Å². The summed E-state index contributed by atoms with van der Waals surface area (Å²) in [5, 5.41) is 0. The molecule has 0 aromatic carbocycles. The summed E-state index contributed by atoms with van der Waals surface area (Å²) in [6.45, 7) is 5.02. The first-order valence-corrected chi connectivity index (χ1v) is 5.71. The van der Waals surface area contributed by atoms with E-state index in [1.807, 2.05) is 0 Å². The fourth-order valence-corrected chi connectivity index (χ4v) is 3.41. The Kier molecular flexibility index (Phi) is 2.18. The lowest BCUT2D eigenvalue weighted by Crippen LogP contribution is -2.29. The normalized spacial score (nSPS) is 48.5. The van der Waals surface area contributed by atoms with E-state index in [9.17, 15) is 0 Å². The highest BCUT2D eigenvalue weighted by molar-refractivity contribution is 4.89. The third kappa shape index (κ3) is 1.41. The quantitative estimate of drug-likeness (QED) is 0.510. The summed E-state index contributed by atoms with van der Waals surface area (Å²) < 4.78 is 0. The van der Waals surface area contributed by atoms with Crippen molar-refractivity contribution in [2.24, 2.45) is 17.3 Å². The van der Waals surface area contributed by atoms with Crippen LogP contribution in [0.15, 0.2) is 0 Å². The molecular weight excluding hydrogens is 144 g/mol. The van der Waals surface area contributed by atoms with Gasteiger partial charge in [-0.1, -0.05) is 46.0 Å². The minimum absolute atomic E-state index is 0.722. The van der Waals surface area contributed by atoms with Crippen molar-refractivity contribution in [3.8, 4) is 0 Å². The fraction of sp³-hybridized carbons (Fsp3) is 1.00. The van der Waals surface area contributed by atoms with Gasteiger partial charge in [-0.3, -0.25) is 0 Å². The molecule has 0 heterocycles. The second kappa shape index (κ2) is 3.05. The number of rotatable bonds is 0. The fourth-order valence-electron chi connectivity index (χ4n) is 3.41. The van der Waals surface area contributed by atoms with Crippen LogP contribution in [0.1, 0.15) is 58.8 Å². The van der Waals surface area contributed by atoms with Crippen LogP contribution in [-0.2, 0) is 0 Å². The van der Waals surface area contributed by atoms with E-state index in [4.69, 9.17) is 0 Å². The zero-order valence-corrected chi connectivity index (χ0v) is 8.60. The van der Waals surface area contributed by atoms with Gasteiger partial charge in [-0.05, 0) is 30.1 Å². The van der Waals surface area contributed by atoms with Gasteiger partial charge in [0.2, 0.25) is 0 Å². The molecule has 2 aliphatic rings. The monoisotopic (exact) mass is 166 g/mol. The Morgan fingerprint density at radius 1 is 1.08 bits per heavy atom. The maximum Gasteiger partial charge on any atom is -0.0298 e. The summed E-state index contributed by atoms with van der Waals surface area (Å²) in [5.74, 6) is 2.08.